The van der Waals surface area contributed by atoms with Crippen LogP contribution in [0.1, 0.15) is 16.8 Å². The molecule has 0 aliphatic heterocycles. The fraction of sp³-hybridized carbons (Fsp3) is 0.333. The van der Waals surface area contributed by atoms with E-state index in [1.54, 1.807) is 25.2 Å². The summed E-state index contributed by atoms with van der Waals surface area (Å²) in [6, 6.07) is 4.85. The zero-order valence-electron chi connectivity index (χ0n) is 10.1. The van der Waals surface area contributed by atoms with Crippen molar-refractivity contribution in [2.75, 3.05) is 20.7 Å². The number of amides is 1. The number of ether oxygens (including phenoxy) is 1. The van der Waals surface area contributed by atoms with E-state index >= 15 is 0 Å². The van der Waals surface area contributed by atoms with Gasteiger partial charge in [0.15, 0.2) is 0 Å². The lowest BCUT2D eigenvalue weighted by molar-refractivity contribution is -0.140. The van der Waals surface area contributed by atoms with Gasteiger partial charge in [-0.15, -0.1) is 0 Å². The molecule has 0 heterocycles. The van der Waals surface area contributed by atoms with Gasteiger partial charge >= 0.3 is 5.97 Å². The van der Waals surface area contributed by atoms with Gasteiger partial charge < -0.3 is 9.64 Å². The Balaban J connectivity index is 2.78. The van der Waals surface area contributed by atoms with Crippen molar-refractivity contribution in [2.45, 2.75) is 6.42 Å². The number of carbonyl (C=O) groups excluding carboxylic acids is 2. The minimum Gasteiger partial charge on any atom is -0.469 e. The molecule has 1 aromatic rings. The highest BCUT2D eigenvalue weighted by Crippen LogP contribution is 2.25. The van der Waals surface area contributed by atoms with Crippen LogP contribution in [0.15, 0.2) is 18.2 Å². The fourth-order valence-corrected chi connectivity index (χ4v) is 1.91. The van der Waals surface area contributed by atoms with E-state index in [0.717, 1.165) is 0 Å². The van der Waals surface area contributed by atoms with E-state index in [4.69, 9.17) is 23.2 Å². The van der Waals surface area contributed by atoms with Crippen LogP contribution in [0.2, 0.25) is 10.0 Å². The van der Waals surface area contributed by atoms with Crippen molar-refractivity contribution >= 4 is 35.1 Å². The van der Waals surface area contributed by atoms with Crippen LogP contribution in [0.25, 0.3) is 0 Å². The smallest absolute Gasteiger partial charge is 0.307 e. The maximum atomic E-state index is 12.1. The molecular weight excluding hydrogens is 277 g/mol. The van der Waals surface area contributed by atoms with Gasteiger partial charge in [-0.05, 0) is 12.1 Å². The molecule has 0 aromatic heterocycles. The molecule has 98 valence electrons. The van der Waals surface area contributed by atoms with Gasteiger partial charge in [0.1, 0.15) is 0 Å². The van der Waals surface area contributed by atoms with Crippen molar-refractivity contribution in [3.05, 3.63) is 33.8 Å². The molecular formula is C12H13Cl2NO3. The minimum absolute atomic E-state index is 0.126. The number of hydrogen-bond acceptors (Lipinski definition) is 3. The van der Waals surface area contributed by atoms with Crippen LogP contribution in [0.4, 0.5) is 0 Å². The highest BCUT2D eigenvalue weighted by atomic mass is 35.5. The van der Waals surface area contributed by atoms with Gasteiger partial charge in [-0.3, -0.25) is 9.59 Å². The van der Waals surface area contributed by atoms with E-state index < -0.39 is 0 Å². The lowest BCUT2D eigenvalue weighted by atomic mass is 10.2. The number of nitrogens with zero attached hydrogens (tertiary/aromatic N) is 1. The number of carbonyl (C=O) groups is 2. The second-order valence-corrected chi connectivity index (χ2v) is 4.46. The second kappa shape index (κ2) is 6.61. The molecule has 0 unspecified atom stereocenters. The number of halogens is 2. The van der Waals surface area contributed by atoms with Crippen LogP contribution < -0.4 is 0 Å². The first kappa shape index (κ1) is 14.8. The maximum absolute atomic E-state index is 12.1. The third kappa shape index (κ3) is 3.62. The maximum Gasteiger partial charge on any atom is 0.307 e. The Hall–Kier alpha value is -1.26. The molecule has 0 radical (unpaired) electrons. The summed E-state index contributed by atoms with van der Waals surface area (Å²) < 4.78 is 4.50. The Morgan fingerprint density at radius 3 is 2.33 bits per heavy atom. The molecule has 0 spiro atoms. The van der Waals surface area contributed by atoms with E-state index in [-0.39, 0.29) is 40.5 Å². The number of hydrogen-bond donors (Lipinski definition) is 0. The zero-order valence-corrected chi connectivity index (χ0v) is 11.6. The van der Waals surface area contributed by atoms with Crippen LogP contribution in [-0.4, -0.2) is 37.5 Å². The van der Waals surface area contributed by atoms with E-state index in [0.29, 0.717) is 0 Å². The summed E-state index contributed by atoms with van der Waals surface area (Å²) in [4.78, 5) is 24.5. The standard InChI is InChI=1S/C12H13Cl2NO3/c1-15(7-6-10(16)18-2)12(17)11-8(13)4-3-5-9(11)14/h3-5H,6-7H2,1-2H3. The fourth-order valence-electron chi connectivity index (χ4n) is 1.36. The van der Waals surface area contributed by atoms with Crippen LogP contribution in [0.5, 0.6) is 0 Å². The highest BCUT2D eigenvalue weighted by molar-refractivity contribution is 6.39. The third-order valence-corrected chi connectivity index (χ3v) is 3.03. The molecule has 0 saturated heterocycles. The monoisotopic (exact) mass is 289 g/mol. The van der Waals surface area contributed by atoms with Crippen molar-refractivity contribution in [3.63, 3.8) is 0 Å². The molecule has 1 aromatic carbocycles. The summed E-state index contributed by atoms with van der Waals surface area (Å²) in [6.45, 7) is 0.243. The number of rotatable bonds is 4. The Morgan fingerprint density at radius 1 is 1.28 bits per heavy atom. The Labute approximate surface area is 115 Å². The van der Waals surface area contributed by atoms with Gasteiger partial charge in [-0.25, -0.2) is 0 Å². The van der Waals surface area contributed by atoms with E-state index in [2.05, 4.69) is 4.74 Å². The molecule has 4 nitrogen and oxygen atoms in total. The summed E-state index contributed by atoms with van der Waals surface area (Å²) in [5.41, 5.74) is 0.244. The average Bonchev–Trinajstić information content (AvgIpc) is 2.34. The van der Waals surface area contributed by atoms with E-state index in [1.165, 1.54) is 12.0 Å². The summed E-state index contributed by atoms with van der Waals surface area (Å²) >= 11 is 11.9. The van der Waals surface area contributed by atoms with Gasteiger partial charge in [0.2, 0.25) is 0 Å². The second-order valence-electron chi connectivity index (χ2n) is 3.65. The van der Waals surface area contributed by atoms with Crippen molar-refractivity contribution in [1.82, 2.24) is 4.90 Å². The molecule has 0 saturated carbocycles. The number of benzene rings is 1. The first-order valence-electron chi connectivity index (χ1n) is 5.23. The largest absolute Gasteiger partial charge is 0.469 e. The van der Waals surface area contributed by atoms with E-state index in [1.807, 2.05) is 0 Å². The third-order valence-electron chi connectivity index (χ3n) is 2.40. The molecule has 1 amide bonds. The molecule has 0 fully saturated rings. The molecule has 1 rings (SSSR count). The lowest BCUT2D eigenvalue weighted by Crippen LogP contribution is -2.29. The molecule has 0 atom stereocenters. The van der Waals surface area contributed by atoms with Gasteiger partial charge in [-0.1, -0.05) is 29.3 Å². The predicted molar refractivity (Wildman–Crippen MR) is 70.1 cm³/mol. The predicted octanol–water partition coefficient (Wildman–Crippen LogP) is 2.63. The van der Waals surface area contributed by atoms with Crippen molar-refractivity contribution in [1.29, 1.82) is 0 Å². The van der Waals surface area contributed by atoms with Gasteiger partial charge in [0.25, 0.3) is 5.91 Å². The topological polar surface area (TPSA) is 46.6 Å². The summed E-state index contributed by atoms with van der Waals surface area (Å²) in [5.74, 6) is -0.700. The highest BCUT2D eigenvalue weighted by Gasteiger charge is 2.18. The summed E-state index contributed by atoms with van der Waals surface area (Å²) in [7, 11) is 2.88. The van der Waals surface area contributed by atoms with Gasteiger partial charge in [-0.2, -0.15) is 0 Å². The first-order chi connectivity index (χ1) is 8.47. The molecule has 6 heteroatoms. The van der Waals surface area contributed by atoms with Crippen LogP contribution in [-0.2, 0) is 9.53 Å². The molecule has 0 aliphatic rings. The minimum atomic E-state index is -0.375. The first-order valence-corrected chi connectivity index (χ1v) is 5.99. The number of methoxy groups -OCH3 is 1. The molecule has 0 aliphatic carbocycles. The molecule has 18 heavy (non-hydrogen) atoms. The number of esters is 1. The molecule has 0 N–H and O–H groups in total. The average molecular weight is 290 g/mol. The Bertz CT molecular complexity index is 442. The van der Waals surface area contributed by atoms with Crippen molar-refractivity contribution < 1.29 is 14.3 Å². The SMILES string of the molecule is COC(=O)CCN(C)C(=O)c1c(Cl)cccc1Cl. The normalized spacial score (nSPS) is 10.0. The van der Waals surface area contributed by atoms with Crippen LogP contribution in [0, 0.1) is 0 Å². The van der Waals surface area contributed by atoms with Crippen LogP contribution >= 0.6 is 23.2 Å². The lowest BCUT2D eigenvalue weighted by Gasteiger charge is -2.17. The summed E-state index contributed by atoms with van der Waals surface area (Å²) in [5, 5.41) is 0.579. The zero-order chi connectivity index (χ0) is 13.7. The quantitative estimate of drug-likeness (QED) is 0.801. The summed E-state index contributed by atoms with van der Waals surface area (Å²) in [6.07, 6.45) is 0.126. The van der Waals surface area contributed by atoms with Gasteiger partial charge in [0.05, 0.1) is 29.1 Å². The van der Waals surface area contributed by atoms with E-state index in [9.17, 15) is 9.59 Å². The Kier molecular flexibility index (Phi) is 5.44. The molecule has 0 bridgehead atoms. The Morgan fingerprint density at radius 2 is 1.83 bits per heavy atom. The van der Waals surface area contributed by atoms with Gasteiger partial charge in [0, 0.05) is 13.6 Å². The van der Waals surface area contributed by atoms with Crippen LogP contribution in [0.3, 0.4) is 0 Å². The van der Waals surface area contributed by atoms with Crippen molar-refractivity contribution in [3.8, 4) is 0 Å². The van der Waals surface area contributed by atoms with Crippen molar-refractivity contribution in [2.24, 2.45) is 0 Å².